The predicted molar refractivity (Wildman–Crippen MR) is 123 cm³/mol. The highest BCUT2D eigenvalue weighted by atomic mass is 35.5. The van der Waals surface area contributed by atoms with Gasteiger partial charge in [-0.05, 0) is 64.3 Å². The number of hydrogen-bond acceptors (Lipinski definition) is 5. The average Bonchev–Trinajstić information content (AvgIpc) is 3.07. The first kappa shape index (κ1) is 23.3. The van der Waals surface area contributed by atoms with E-state index >= 15 is 0 Å². The van der Waals surface area contributed by atoms with Crippen molar-refractivity contribution in [3.05, 3.63) is 58.6 Å². The molecule has 154 valence electrons. The first-order valence-corrected chi connectivity index (χ1v) is 10.2. The van der Waals surface area contributed by atoms with Crippen molar-refractivity contribution in [2.45, 2.75) is 13.3 Å². The normalized spacial score (nSPS) is 10.8. The third kappa shape index (κ3) is 5.76. The number of Topliss-reactive ketones (excluding diaryl/α,β-unsaturated/α-hetero) is 1. The smallest absolute Gasteiger partial charge is 0.260 e. The van der Waals surface area contributed by atoms with Crippen molar-refractivity contribution in [3.63, 3.8) is 0 Å². The van der Waals surface area contributed by atoms with Crippen LogP contribution in [0.3, 0.4) is 0 Å². The minimum Gasteiger partial charge on any atom is -0.309 e. The molecule has 0 saturated carbocycles. The van der Waals surface area contributed by atoms with Crippen molar-refractivity contribution < 1.29 is 9.59 Å². The molecule has 0 atom stereocenters. The van der Waals surface area contributed by atoms with Crippen LogP contribution in [0.5, 0.6) is 0 Å². The number of fused-ring (bicyclic) bond motifs is 1. The molecule has 1 amide bonds. The van der Waals surface area contributed by atoms with E-state index in [0.29, 0.717) is 27.8 Å². The summed E-state index contributed by atoms with van der Waals surface area (Å²) in [6.45, 7) is 2.93. The van der Waals surface area contributed by atoms with Gasteiger partial charge in [-0.25, -0.2) is 4.98 Å². The van der Waals surface area contributed by atoms with Crippen LogP contribution in [0.1, 0.15) is 34.1 Å². The summed E-state index contributed by atoms with van der Waals surface area (Å²) in [5.74, 6) is -0.149. The summed E-state index contributed by atoms with van der Waals surface area (Å²) in [7, 11) is 4.01. The number of aromatic nitrogens is 1. The highest BCUT2D eigenvalue weighted by molar-refractivity contribution is 7.22. The van der Waals surface area contributed by atoms with E-state index < -0.39 is 0 Å². The summed E-state index contributed by atoms with van der Waals surface area (Å²) < 4.78 is 0.944. The molecule has 5 nitrogen and oxygen atoms in total. The fourth-order valence-corrected chi connectivity index (χ4v) is 4.10. The second-order valence-electron chi connectivity index (χ2n) is 6.86. The monoisotopic (exact) mass is 451 g/mol. The van der Waals surface area contributed by atoms with Gasteiger partial charge in [0.1, 0.15) is 0 Å². The number of carbonyl (C=O) groups is 2. The standard InChI is InChI=1S/C21H22ClN3O2S.ClH/c1-14(26)15-5-7-16(8-6-15)20(27)25(12-4-11-24(2)3)21-23-18-10-9-17(22)13-19(18)28-21;/h5-10,13H,4,11-12H2,1-3H3;1H. The number of anilines is 1. The van der Waals surface area contributed by atoms with E-state index in [9.17, 15) is 9.59 Å². The third-order valence-corrected chi connectivity index (χ3v) is 5.62. The Bertz CT molecular complexity index is 1000. The van der Waals surface area contributed by atoms with Gasteiger partial charge < -0.3 is 4.90 Å². The topological polar surface area (TPSA) is 53.5 Å². The highest BCUT2D eigenvalue weighted by Gasteiger charge is 2.21. The molecule has 1 aromatic heterocycles. The number of hydrogen-bond donors (Lipinski definition) is 0. The summed E-state index contributed by atoms with van der Waals surface area (Å²) in [6, 6.07) is 12.3. The summed E-state index contributed by atoms with van der Waals surface area (Å²) in [4.78, 5) is 33.1. The Labute approximate surface area is 185 Å². The largest absolute Gasteiger partial charge is 0.309 e. The molecule has 0 spiro atoms. The van der Waals surface area contributed by atoms with Crippen LogP contribution in [0.15, 0.2) is 42.5 Å². The lowest BCUT2D eigenvalue weighted by molar-refractivity contribution is 0.0981. The molecule has 0 aliphatic carbocycles. The molecule has 2 aromatic carbocycles. The summed E-state index contributed by atoms with van der Waals surface area (Å²) in [5, 5.41) is 1.30. The number of amides is 1. The second-order valence-corrected chi connectivity index (χ2v) is 8.30. The highest BCUT2D eigenvalue weighted by Crippen LogP contribution is 2.31. The van der Waals surface area contributed by atoms with E-state index in [1.165, 1.54) is 18.3 Å². The molecule has 0 fully saturated rings. The lowest BCUT2D eigenvalue weighted by Gasteiger charge is -2.21. The van der Waals surface area contributed by atoms with Crippen LogP contribution < -0.4 is 4.90 Å². The van der Waals surface area contributed by atoms with Gasteiger partial charge in [0.05, 0.1) is 10.2 Å². The number of benzene rings is 2. The minimum atomic E-state index is -0.126. The molecule has 3 aromatic rings. The van der Waals surface area contributed by atoms with Crippen molar-refractivity contribution in [2.75, 3.05) is 32.1 Å². The van der Waals surface area contributed by atoms with Crippen LogP contribution in [0.25, 0.3) is 10.2 Å². The van der Waals surface area contributed by atoms with E-state index in [1.807, 2.05) is 26.2 Å². The van der Waals surface area contributed by atoms with Crippen LogP contribution in [-0.2, 0) is 0 Å². The lowest BCUT2D eigenvalue weighted by atomic mass is 10.1. The zero-order chi connectivity index (χ0) is 20.3. The van der Waals surface area contributed by atoms with Gasteiger partial charge in [0.25, 0.3) is 5.91 Å². The number of thiazole rings is 1. The first-order chi connectivity index (χ1) is 13.3. The van der Waals surface area contributed by atoms with E-state index in [1.54, 1.807) is 35.2 Å². The predicted octanol–water partition coefficient (Wildman–Crippen LogP) is 5.17. The Morgan fingerprint density at radius 3 is 2.31 bits per heavy atom. The van der Waals surface area contributed by atoms with E-state index in [2.05, 4.69) is 9.88 Å². The zero-order valence-corrected chi connectivity index (χ0v) is 18.9. The summed E-state index contributed by atoms with van der Waals surface area (Å²) >= 11 is 7.54. The van der Waals surface area contributed by atoms with Gasteiger partial charge in [0, 0.05) is 22.7 Å². The number of halogens is 2. The molecule has 0 bridgehead atoms. The lowest BCUT2D eigenvalue weighted by Crippen LogP contribution is -2.33. The molecule has 0 aliphatic heterocycles. The molecule has 8 heteroatoms. The number of rotatable bonds is 7. The van der Waals surface area contributed by atoms with Crippen molar-refractivity contribution >= 4 is 62.4 Å². The fraction of sp³-hybridized carbons (Fsp3) is 0.286. The molecule has 29 heavy (non-hydrogen) atoms. The quantitative estimate of drug-likeness (QED) is 0.464. The number of nitrogens with zero attached hydrogens (tertiary/aromatic N) is 3. The molecule has 0 radical (unpaired) electrons. The van der Waals surface area contributed by atoms with E-state index in [-0.39, 0.29) is 24.1 Å². The third-order valence-electron chi connectivity index (χ3n) is 4.34. The Kier molecular flexibility index (Phi) is 8.16. The van der Waals surface area contributed by atoms with Crippen LogP contribution in [0.2, 0.25) is 5.02 Å². The van der Waals surface area contributed by atoms with Crippen LogP contribution in [0.4, 0.5) is 5.13 Å². The molecule has 0 unspecified atom stereocenters. The Balaban J connectivity index is 0.00000300. The van der Waals surface area contributed by atoms with E-state index in [0.717, 1.165) is 23.2 Å². The molecular formula is C21H23Cl2N3O2S. The van der Waals surface area contributed by atoms with Gasteiger partial charge in [-0.3, -0.25) is 14.5 Å². The van der Waals surface area contributed by atoms with Crippen LogP contribution in [-0.4, -0.2) is 48.8 Å². The van der Waals surface area contributed by atoms with Crippen molar-refractivity contribution in [1.82, 2.24) is 9.88 Å². The van der Waals surface area contributed by atoms with Crippen molar-refractivity contribution in [1.29, 1.82) is 0 Å². The Morgan fingerprint density at radius 2 is 1.69 bits per heavy atom. The van der Waals surface area contributed by atoms with Gasteiger partial charge in [-0.1, -0.05) is 35.1 Å². The maximum absolute atomic E-state index is 13.2. The molecule has 0 N–H and O–H groups in total. The van der Waals surface area contributed by atoms with Crippen molar-refractivity contribution in [2.24, 2.45) is 0 Å². The average molecular weight is 452 g/mol. The summed E-state index contributed by atoms with van der Waals surface area (Å²) in [6.07, 6.45) is 0.820. The Hall–Kier alpha value is -1.99. The molecular weight excluding hydrogens is 429 g/mol. The van der Waals surface area contributed by atoms with Gasteiger partial charge in [0.2, 0.25) is 0 Å². The maximum atomic E-state index is 13.2. The fourth-order valence-electron chi connectivity index (χ4n) is 2.83. The maximum Gasteiger partial charge on any atom is 0.260 e. The number of carbonyl (C=O) groups excluding carboxylic acids is 2. The molecule has 3 rings (SSSR count). The van der Waals surface area contributed by atoms with Crippen LogP contribution >= 0.6 is 35.3 Å². The molecule has 0 aliphatic rings. The van der Waals surface area contributed by atoms with Crippen LogP contribution in [0, 0.1) is 0 Å². The molecule has 1 heterocycles. The Morgan fingerprint density at radius 1 is 1.03 bits per heavy atom. The van der Waals surface area contributed by atoms with E-state index in [4.69, 9.17) is 11.6 Å². The van der Waals surface area contributed by atoms with Gasteiger partial charge >= 0.3 is 0 Å². The zero-order valence-electron chi connectivity index (χ0n) is 16.5. The number of ketones is 1. The second kappa shape index (κ2) is 10.2. The molecule has 0 saturated heterocycles. The minimum absolute atomic E-state index is 0. The van der Waals surface area contributed by atoms with Gasteiger partial charge in [0.15, 0.2) is 10.9 Å². The van der Waals surface area contributed by atoms with Gasteiger partial charge in [-0.15, -0.1) is 12.4 Å². The van der Waals surface area contributed by atoms with Gasteiger partial charge in [-0.2, -0.15) is 0 Å². The first-order valence-electron chi connectivity index (χ1n) is 8.99. The SMILES string of the molecule is CC(=O)c1ccc(C(=O)N(CCCN(C)C)c2nc3ccc(Cl)cc3s2)cc1.Cl. The van der Waals surface area contributed by atoms with Crippen molar-refractivity contribution in [3.8, 4) is 0 Å². The summed E-state index contributed by atoms with van der Waals surface area (Å²) in [5.41, 5.74) is 1.94.